The molecule has 1 heterocycles. The summed E-state index contributed by atoms with van der Waals surface area (Å²) in [6.45, 7) is 6.82. The van der Waals surface area contributed by atoms with Gasteiger partial charge in [0, 0.05) is 11.9 Å². The summed E-state index contributed by atoms with van der Waals surface area (Å²) in [5.41, 5.74) is 10.8. The van der Waals surface area contributed by atoms with E-state index in [0.29, 0.717) is 5.69 Å². The van der Waals surface area contributed by atoms with E-state index >= 15 is 0 Å². The second-order valence-electron chi connectivity index (χ2n) is 5.07. The van der Waals surface area contributed by atoms with Crippen LogP contribution < -0.4 is 15.4 Å². The molecule has 2 rings (SSSR count). The lowest BCUT2D eigenvalue weighted by Crippen LogP contribution is -2.18. The Hall–Kier alpha value is -1.75. The van der Waals surface area contributed by atoms with Crippen LogP contribution in [-0.2, 0) is 6.54 Å². The minimum atomic E-state index is 0.113. The standard InChI is InChI=1S/C15H21N3OS/c1-10(2)19-13-7-5-6-12(15(13)16)18(4)8-14-11(3)17-9-20-14/h5-7,9-10H,8,16H2,1-4H3. The molecule has 2 aromatic rings. The summed E-state index contributed by atoms with van der Waals surface area (Å²) < 4.78 is 5.73. The Labute approximate surface area is 124 Å². The fraction of sp³-hybridized carbons (Fsp3) is 0.400. The van der Waals surface area contributed by atoms with Crippen LogP contribution >= 0.6 is 11.3 Å². The molecule has 0 spiro atoms. The number of aryl methyl sites for hydroxylation is 1. The third-order valence-corrected chi connectivity index (χ3v) is 3.96. The Kier molecular flexibility index (Phi) is 4.49. The first-order chi connectivity index (χ1) is 9.49. The van der Waals surface area contributed by atoms with Gasteiger partial charge in [-0.05, 0) is 32.9 Å². The van der Waals surface area contributed by atoms with Crippen LogP contribution in [-0.4, -0.2) is 18.1 Å². The average molecular weight is 291 g/mol. The number of hydrogen-bond donors (Lipinski definition) is 1. The van der Waals surface area contributed by atoms with Crippen LogP contribution in [0.3, 0.4) is 0 Å². The van der Waals surface area contributed by atoms with Crippen LogP contribution in [0.4, 0.5) is 11.4 Å². The zero-order valence-corrected chi connectivity index (χ0v) is 13.2. The highest BCUT2D eigenvalue weighted by Crippen LogP contribution is 2.33. The lowest BCUT2D eigenvalue weighted by Gasteiger charge is -2.22. The van der Waals surface area contributed by atoms with Gasteiger partial charge in [0.25, 0.3) is 0 Å². The predicted octanol–water partition coefficient (Wildman–Crippen LogP) is 3.46. The quantitative estimate of drug-likeness (QED) is 0.857. The van der Waals surface area contributed by atoms with E-state index in [1.54, 1.807) is 11.3 Å². The molecule has 2 N–H and O–H groups in total. The molecule has 0 fully saturated rings. The molecule has 108 valence electrons. The highest BCUT2D eigenvalue weighted by Gasteiger charge is 2.13. The largest absolute Gasteiger partial charge is 0.489 e. The van der Waals surface area contributed by atoms with Gasteiger partial charge in [-0.3, -0.25) is 0 Å². The minimum Gasteiger partial charge on any atom is -0.489 e. The Morgan fingerprint density at radius 1 is 1.40 bits per heavy atom. The van der Waals surface area contributed by atoms with Crippen LogP contribution in [0.5, 0.6) is 5.75 Å². The summed E-state index contributed by atoms with van der Waals surface area (Å²) in [7, 11) is 2.03. The maximum Gasteiger partial charge on any atom is 0.144 e. The number of benzene rings is 1. The number of ether oxygens (including phenoxy) is 1. The van der Waals surface area contributed by atoms with E-state index in [1.807, 2.05) is 51.5 Å². The van der Waals surface area contributed by atoms with E-state index in [2.05, 4.69) is 9.88 Å². The number of para-hydroxylation sites is 1. The van der Waals surface area contributed by atoms with Crippen molar-refractivity contribution in [3.8, 4) is 5.75 Å². The molecule has 1 aromatic carbocycles. The fourth-order valence-corrected chi connectivity index (χ4v) is 2.83. The number of hydrogen-bond acceptors (Lipinski definition) is 5. The lowest BCUT2D eigenvalue weighted by molar-refractivity contribution is 0.244. The third-order valence-electron chi connectivity index (χ3n) is 3.04. The number of thiazole rings is 1. The highest BCUT2D eigenvalue weighted by atomic mass is 32.1. The first-order valence-corrected chi connectivity index (χ1v) is 7.52. The summed E-state index contributed by atoms with van der Waals surface area (Å²) in [6.07, 6.45) is 0.113. The van der Waals surface area contributed by atoms with Crippen LogP contribution in [0.25, 0.3) is 0 Å². The molecule has 0 radical (unpaired) electrons. The van der Waals surface area contributed by atoms with E-state index < -0.39 is 0 Å². The van der Waals surface area contributed by atoms with Gasteiger partial charge in [-0.1, -0.05) is 6.07 Å². The Morgan fingerprint density at radius 2 is 2.15 bits per heavy atom. The van der Waals surface area contributed by atoms with Crippen LogP contribution in [0, 0.1) is 6.92 Å². The van der Waals surface area contributed by atoms with Gasteiger partial charge in [-0.2, -0.15) is 0 Å². The predicted molar refractivity (Wildman–Crippen MR) is 85.6 cm³/mol. The number of nitrogen functional groups attached to an aromatic ring is 1. The lowest BCUT2D eigenvalue weighted by atomic mass is 10.2. The van der Waals surface area contributed by atoms with E-state index in [9.17, 15) is 0 Å². The molecule has 20 heavy (non-hydrogen) atoms. The van der Waals surface area contributed by atoms with Crippen molar-refractivity contribution in [1.82, 2.24) is 4.98 Å². The van der Waals surface area contributed by atoms with Crippen molar-refractivity contribution in [3.05, 3.63) is 34.3 Å². The zero-order chi connectivity index (χ0) is 14.7. The number of aromatic nitrogens is 1. The fourth-order valence-electron chi connectivity index (χ4n) is 2.00. The molecule has 0 bridgehead atoms. The SMILES string of the molecule is Cc1ncsc1CN(C)c1cccc(OC(C)C)c1N. The molecule has 1 aromatic heterocycles. The van der Waals surface area contributed by atoms with Crippen molar-refractivity contribution < 1.29 is 4.74 Å². The molecule has 4 nitrogen and oxygen atoms in total. The Balaban J connectivity index is 2.21. The highest BCUT2D eigenvalue weighted by molar-refractivity contribution is 7.09. The molecule has 0 saturated carbocycles. The van der Waals surface area contributed by atoms with Crippen molar-refractivity contribution in [1.29, 1.82) is 0 Å². The van der Waals surface area contributed by atoms with Gasteiger partial charge in [0.15, 0.2) is 0 Å². The van der Waals surface area contributed by atoms with Crippen molar-refractivity contribution in [2.45, 2.75) is 33.4 Å². The second-order valence-corrected chi connectivity index (χ2v) is 6.01. The summed E-state index contributed by atoms with van der Waals surface area (Å²) in [5.74, 6) is 0.741. The van der Waals surface area contributed by atoms with Crippen LogP contribution in [0.1, 0.15) is 24.4 Å². The van der Waals surface area contributed by atoms with E-state index in [-0.39, 0.29) is 6.10 Å². The van der Waals surface area contributed by atoms with Gasteiger partial charge in [0.1, 0.15) is 5.75 Å². The molecular formula is C15H21N3OS. The molecular weight excluding hydrogens is 270 g/mol. The van der Waals surface area contributed by atoms with Crippen LogP contribution in [0.2, 0.25) is 0 Å². The van der Waals surface area contributed by atoms with Crippen molar-refractivity contribution in [2.24, 2.45) is 0 Å². The molecule has 0 aliphatic carbocycles. The minimum absolute atomic E-state index is 0.113. The normalized spacial score (nSPS) is 10.8. The van der Waals surface area contributed by atoms with Crippen molar-refractivity contribution in [2.75, 3.05) is 17.7 Å². The first kappa shape index (κ1) is 14.7. The van der Waals surface area contributed by atoms with Gasteiger partial charge in [-0.15, -0.1) is 11.3 Å². The first-order valence-electron chi connectivity index (χ1n) is 6.64. The Morgan fingerprint density at radius 3 is 2.75 bits per heavy atom. The molecule has 0 amide bonds. The summed E-state index contributed by atoms with van der Waals surface area (Å²) in [5, 5.41) is 0. The number of anilines is 2. The summed E-state index contributed by atoms with van der Waals surface area (Å²) in [6, 6.07) is 5.89. The third kappa shape index (κ3) is 3.22. The van der Waals surface area contributed by atoms with Gasteiger partial charge in [0.05, 0.1) is 35.2 Å². The number of nitrogens with zero attached hydrogens (tertiary/aromatic N) is 2. The van der Waals surface area contributed by atoms with Gasteiger partial charge >= 0.3 is 0 Å². The maximum atomic E-state index is 6.22. The van der Waals surface area contributed by atoms with E-state index in [4.69, 9.17) is 10.5 Å². The van der Waals surface area contributed by atoms with Crippen molar-refractivity contribution in [3.63, 3.8) is 0 Å². The van der Waals surface area contributed by atoms with Gasteiger partial charge < -0.3 is 15.4 Å². The average Bonchev–Trinajstić information content (AvgIpc) is 2.77. The van der Waals surface area contributed by atoms with Gasteiger partial charge in [0.2, 0.25) is 0 Å². The number of nitrogens with two attached hydrogens (primary N) is 1. The molecule has 0 aliphatic rings. The Bertz CT molecular complexity index is 580. The topological polar surface area (TPSA) is 51.4 Å². The van der Waals surface area contributed by atoms with E-state index in [0.717, 1.165) is 23.7 Å². The van der Waals surface area contributed by atoms with Crippen molar-refractivity contribution >= 4 is 22.7 Å². The summed E-state index contributed by atoms with van der Waals surface area (Å²) >= 11 is 1.67. The smallest absolute Gasteiger partial charge is 0.144 e. The molecule has 5 heteroatoms. The molecule has 0 aliphatic heterocycles. The van der Waals surface area contributed by atoms with Crippen LogP contribution in [0.15, 0.2) is 23.7 Å². The molecule has 0 saturated heterocycles. The summed E-state index contributed by atoms with van der Waals surface area (Å²) in [4.78, 5) is 7.66. The molecule has 0 atom stereocenters. The second kappa shape index (κ2) is 6.13. The van der Waals surface area contributed by atoms with E-state index in [1.165, 1.54) is 4.88 Å². The monoisotopic (exact) mass is 291 g/mol. The molecule has 0 unspecified atom stereocenters. The number of rotatable bonds is 5. The maximum absolute atomic E-state index is 6.22. The van der Waals surface area contributed by atoms with Gasteiger partial charge in [-0.25, -0.2) is 4.98 Å². The zero-order valence-electron chi connectivity index (χ0n) is 12.4.